The van der Waals surface area contributed by atoms with Crippen molar-refractivity contribution in [3.8, 4) is 0 Å². The molecule has 6 nitrogen and oxygen atoms in total. The molecule has 0 N–H and O–H groups in total. The third kappa shape index (κ3) is 4.90. The number of rotatable bonds is 9. The molecule has 1 fully saturated rings. The van der Waals surface area contributed by atoms with Gasteiger partial charge in [-0.2, -0.15) is 0 Å². The number of thioether (sulfide) groups is 1. The molecule has 1 saturated heterocycles. The average Bonchev–Trinajstić information content (AvgIpc) is 3.31. The number of methoxy groups -OCH3 is 1. The van der Waals surface area contributed by atoms with Crippen LogP contribution in [-0.2, 0) is 19.1 Å². The van der Waals surface area contributed by atoms with Crippen molar-refractivity contribution in [2.45, 2.75) is 45.1 Å². The Morgan fingerprint density at radius 1 is 0.971 bits per heavy atom. The zero-order valence-corrected chi connectivity index (χ0v) is 21.5. The van der Waals surface area contributed by atoms with E-state index in [9.17, 15) is 14.4 Å². The third-order valence-electron chi connectivity index (χ3n) is 6.23. The number of unbranched alkanes of at least 4 members (excludes halogenated alkanes) is 4. The Morgan fingerprint density at radius 2 is 1.66 bits per heavy atom. The number of ether oxygens (including phenoxy) is 1. The molecule has 2 amide bonds. The first kappa shape index (κ1) is 25.1. The molecule has 8 heteroatoms. The van der Waals surface area contributed by atoms with Crippen molar-refractivity contribution < 1.29 is 19.1 Å². The van der Waals surface area contributed by atoms with Crippen molar-refractivity contribution in [2.75, 3.05) is 18.6 Å². The lowest BCUT2D eigenvalue weighted by Gasteiger charge is -2.24. The van der Waals surface area contributed by atoms with Crippen LogP contribution in [0.3, 0.4) is 0 Å². The minimum atomic E-state index is -1.02. The van der Waals surface area contributed by atoms with Crippen LogP contribution in [-0.4, -0.2) is 40.7 Å². The van der Waals surface area contributed by atoms with E-state index in [1.165, 1.54) is 18.4 Å². The number of carbonyl (C=O) groups excluding carboxylic acids is 3. The Balaban J connectivity index is 1.69. The summed E-state index contributed by atoms with van der Waals surface area (Å²) in [4.78, 5) is 43.4. The number of carbonyl (C=O) groups is 3. The molecule has 0 aromatic heterocycles. The van der Waals surface area contributed by atoms with Gasteiger partial charge in [0.05, 0.1) is 23.3 Å². The second-order valence-electron chi connectivity index (χ2n) is 8.47. The van der Waals surface area contributed by atoms with Gasteiger partial charge < -0.3 is 9.64 Å². The average molecular weight is 509 g/mol. The highest BCUT2D eigenvalue weighted by Crippen LogP contribution is 2.46. The molecule has 1 unspecified atom stereocenters. The lowest BCUT2D eigenvalue weighted by molar-refractivity contribution is -0.148. The molecule has 0 spiro atoms. The van der Waals surface area contributed by atoms with Gasteiger partial charge in [-0.3, -0.25) is 14.5 Å². The maximum atomic E-state index is 13.7. The molecule has 182 valence electrons. The molecule has 2 aromatic rings. The summed E-state index contributed by atoms with van der Waals surface area (Å²) in [6, 6.07) is 15.4. The Kier molecular flexibility index (Phi) is 8.03. The lowest BCUT2D eigenvalue weighted by Crippen LogP contribution is -2.38. The number of amides is 2. The number of nitrogens with zero attached hydrogens (tertiary/aromatic N) is 2. The first-order valence-corrected chi connectivity index (χ1v) is 13.1. The van der Waals surface area contributed by atoms with Gasteiger partial charge in [-0.1, -0.05) is 105 Å². The van der Waals surface area contributed by atoms with Crippen molar-refractivity contribution in [3.63, 3.8) is 0 Å². The van der Waals surface area contributed by atoms with E-state index in [-0.39, 0.29) is 15.1 Å². The fourth-order valence-electron chi connectivity index (χ4n) is 4.49. The molecular formula is C27H28N2O4S2. The normalized spacial score (nSPS) is 18.3. The SMILES string of the molecule is CCCCCCCN1C(=O)/C(=C2\SC(=S)N(C(C(=O)OC)c3ccccc3)C2=O)c2ccccc21. The van der Waals surface area contributed by atoms with E-state index < -0.39 is 17.9 Å². The van der Waals surface area contributed by atoms with Crippen LogP contribution in [0.5, 0.6) is 0 Å². The highest BCUT2D eigenvalue weighted by Gasteiger charge is 2.46. The fraction of sp³-hybridized carbons (Fsp3) is 0.333. The molecule has 0 saturated carbocycles. The van der Waals surface area contributed by atoms with E-state index in [4.69, 9.17) is 17.0 Å². The Labute approximate surface area is 215 Å². The van der Waals surface area contributed by atoms with Gasteiger partial charge in [-0.25, -0.2) is 4.79 Å². The third-order valence-corrected chi connectivity index (χ3v) is 7.63. The number of esters is 1. The van der Waals surface area contributed by atoms with Crippen LogP contribution in [0.4, 0.5) is 5.69 Å². The van der Waals surface area contributed by atoms with Crippen molar-refractivity contribution in [1.29, 1.82) is 0 Å². The number of anilines is 1. The summed E-state index contributed by atoms with van der Waals surface area (Å²) < 4.78 is 5.23. The molecular weight excluding hydrogens is 480 g/mol. The fourth-order valence-corrected chi connectivity index (χ4v) is 5.87. The van der Waals surface area contributed by atoms with Gasteiger partial charge in [0, 0.05) is 12.1 Å². The maximum Gasteiger partial charge on any atom is 0.333 e. The van der Waals surface area contributed by atoms with Gasteiger partial charge in [-0.15, -0.1) is 0 Å². The van der Waals surface area contributed by atoms with Gasteiger partial charge in [0.15, 0.2) is 6.04 Å². The van der Waals surface area contributed by atoms with E-state index in [0.29, 0.717) is 17.7 Å². The number of fused-ring (bicyclic) bond motifs is 1. The van der Waals surface area contributed by atoms with E-state index >= 15 is 0 Å². The summed E-state index contributed by atoms with van der Waals surface area (Å²) in [5, 5.41) is 0. The van der Waals surface area contributed by atoms with Gasteiger partial charge in [0.1, 0.15) is 4.32 Å². The number of thiocarbonyl (C=S) groups is 1. The van der Waals surface area contributed by atoms with Crippen LogP contribution in [0, 0.1) is 0 Å². The monoisotopic (exact) mass is 508 g/mol. The number of para-hydroxylation sites is 1. The predicted molar refractivity (Wildman–Crippen MR) is 143 cm³/mol. The molecule has 2 aliphatic rings. The highest BCUT2D eigenvalue weighted by atomic mass is 32.2. The molecule has 2 heterocycles. The largest absolute Gasteiger partial charge is 0.467 e. The molecule has 2 aromatic carbocycles. The summed E-state index contributed by atoms with van der Waals surface area (Å²) in [5.74, 6) is -1.25. The molecule has 0 radical (unpaired) electrons. The number of hydrogen-bond acceptors (Lipinski definition) is 6. The Bertz CT molecular complexity index is 1180. The van der Waals surface area contributed by atoms with E-state index in [0.717, 1.165) is 48.7 Å². The second-order valence-corrected chi connectivity index (χ2v) is 10.1. The summed E-state index contributed by atoms with van der Waals surface area (Å²) in [6.45, 7) is 2.77. The van der Waals surface area contributed by atoms with Gasteiger partial charge in [-0.05, 0) is 18.1 Å². The van der Waals surface area contributed by atoms with Crippen LogP contribution in [0.1, 0.15) is 56.2 Å². The highest BCUT2D eigenvalue weighted by molar-refractivity contribution is 8.26. The number of hydrogen-bond donors (Lipinski definition) is 0. The van der Waals surface area contributed by atoms with E-state index in [1.54, 1.807) is 29.2 Å². The van der Waals surface area contributed by atoms with Gasteiger partial charge in [0.2, 0.25) is 0 Å². The van der Waals surface area contributed by atoms with Crippen molar-refractivity contribution in [1.82, 2.24) is 4.90 Å². The minimum absolute atomic E-state index is 0.198. The van der Waals surface area contributed by atoms with E-state index in [2.05, 4.69) is 6.92 Å². The second kappa shape index (κ2) is 11.2. The maximum absolute atomic E-state index is 13.7. The minimum Gasteiger partial charge on any atom is -0.467 e. The molecule has 1 atom stereocenters. The molecule has 0 aliphatic carbocycles. The van der Waals surface area contributed by atoms with Crippen molar-refractivity contribution >= 4 is 57.3 Å². The van der Waals surface area contributed by atoms with Crippen molar-refractivity contribution in [3.05, 3.63) is 70.6 Å². The molecule has 2 aliphatic heterocycles. The van der Waals surface area contributed by atoms with Crippen LogP contribution >= 0.6 is 24.0 Å². The quantitative estimate of drug-likeness (QED) is 0.193. The molecule has 0 bridgehead atoms. The van der Waals surface area contributed by atoms with Gasteiger partial charge >= 0.3 is 5.97 Å². The summed E-state index contributed by atoms with van der Waals surface area (Å²) in [7, 11) is 1.28. The molecule has 35 heavy (non-hydrogen) atoms. The smallest absolute Gasteiger partial charge is 0.333 e. The summed E-state index contributed by atoms with van der Waals surface area (Å²) >= 11 is 6.62. The molecule has 4 rings (SSSR count). The van der Waals surface area contributed by atoms with Crippen LogP contribution in [0.25, 0.3) is 5.57 Å². The van der Waals surface area contributed by atoms with Gasteiger partial charge in [0.25, 0.3) is 11.8 Å². The zero-order valence-electron chi connectivity index (χ0n) is 19.9. The predicted octanol–water partition coefficient (Wildman–Crippen LogP) is 5.49. The van der Waals surface area contributed by atoms with Crippen LogP contribution < -0.4 is 4.90 Å². The Morgan fingerprint density at radius 3 is 2.37 bits per heavy atom. The van der Waals surface area contributed by atoms with Crippen LogP contribution in [0.2, 0.25) is 0 Å². The topological polar surface area (TPSA) is 66.9 Å². The summed E-state index contributed by atoms with van der Waals surface area (Å²) in [5.41, 5.74) is 2.47. The first-order valence-electron chi connectivity index (χ1n) is 11.8. The Hall–Kier alpha value is -2.97. The summed E-state index contributed by atoms with van der Waals surface area (Å²) in [6.07, 6.45) is 5.43. The van der Waals surface area contributed by atoms with E-state index in [1.807, 2.05) is 30.3 Å². The zero-order chi connectivity index (χ0) is 24.9. The van der Waals surface area contributed by atoms with Crippen molar-refractivity contribution in [2.24, 2.45) is 0 Å². The van der Waals surface area contributed by atoms with Crippen LogP contribution in [0.15, 0.2) is 59.5 Å². The lowest BCUT2D eigenvalue weighted by atomic mass is 10.0. The first-order chi connectivity index (χ1) is 17.0. The number of benzene rings is 2. The standard InChI is InChI=1S/C27H28N2O4S2/c1-3-4-5-6-12-17-28-20-16-11-10-15-19(20)21(24(28)30)23-25(31)29(27(34)35-23)22(26(32)33-2)18-13-8-7-9-14-18/h7-11,13-16,22H,3-6,12,17H2,1-2H3/b23-21-.